The number of benzene rings is 2. The first kappa shape index (κ1) is 16.6. The van der Waals surface area contributed by atoms with Crippen LogP contribution in [0.3, 0.4) is 0 Å². The van der Waals surface area contributed by atoms with Gasteiger partial charge in [0.1, 0.15) is 11.6 Å². The summed E-state index contributed by atoms with van der Waals surface area (Å²) in [5, 5.41) is 3.93. The summed E-state index contributed by atoms with van der Waals surface area (Å²) < 4.78 is 6.27. The van der Waals surface area contributed by atoms with Crippen molar-refractivity contribution in [3.05, 3.63) is 65.4 Å². The van der Waals surface area contributed by atoms with E-state index in [1.165, 1.54) is 11.1 Å². The molecule has 0 saturated carbocycles. The molecule has 2 aromatic carbocycles. The van der Waals surface area contributed by atoms with Crippen molar-refractivity contribution in [2.45, 2.75) is 13.3 Å². The third kappa shape index (κ3) is 3.33. The van der Waals surface area contributed by atoms with Gasteiger partial charge >= 0.3 is 6.03 Å². The molecule has 0 aliphatic heterocycles. The van der Waals surface area contributed by atoms with Gasteiger partial charge in [-0.1, -0.05) is 30.3 Å². The highest BCUT2D eigenvalue weighted by molar-refractivity contribution is 5.84. The molecule has 4 N–H and O–H groups in total. The van der Waals surface area contributed by atoms with Crippen LogP contribution in [0.25, 0.3) is 11.1 Å². The van der Waals surface area contributed by atoms with Gasteiger partial charge in [0.2, 0.25) is 0 Å². The molecule has 0 fully saturated rings. The van der Waals surface area contributed by atoms with Crippen molar-refractivity contribution in [1.29, 1.82) is 0 Å². The van der Waals surface area contributed by atoms with Gasteiger partial charge in [-0.25, -0.2) is 4.79 Å². The summed E-state index contributed by atoms with van der Waals surface area (Å²) >= 11 is 0. The van der Waals surface area contributed by atoms with Crippen molar-refractivity contribution in [3.8, 4) is 16.9 Å². The Kier molecular flexibility index (Phi) is 4.43. The molecule has 3 aromatic rings. The topological polar surface area (TPSA) is 96.2 Å². The molecule has 6 nitrogen and oxygen atoms in total. The molecule has 0 radical (unpaired) electrons. The number of primary amides is 1. The number of methoxy groups -OCH3 is 1. The van der Waals surface area contributed by atoms with Gasteiger partial charge in [0.25, 0.3) is 0 Å². The Labute approximate surface area is 146 Å². The molecule has 0 saturated heterocycles. The Hall–Kier alpha value is -3.28. The predicted molar refractivity (Wildman–Crippen MR) is 97.6 cm³/mol. The van der Waals surface area contributed by atoms with E-state index >= 15 is 0 Å². The maximum Gasteiger partial charge on any atom is 0.341 e. The zero-order chi connectivity index (χ0) is 18.0. The highest BCUT2D eigenvalue weighted by Gasteiger charge is 2.13. The summed E-state index contributed by atoms with van der Waals surface area (Å²) in [6.45, 7) is 2.05. The minimum atomic E-state index is -0.699. The molecule has 0 bridgehead atoms. The first-order valence-corrected chi connectivity index (χ1v) is 7.85. The van der Waals surface area contributed by atoms with Crippen molar-refractivity contribution in [2.75, 3.05) is 12.8 Å². The quantitative estimate of drug-likeness (QED) is 0.765. The molecule has 0 spiro atoms. The number of hydrogen-bond acceptors (Lipinski definition) is 4. The standard InChI is InChI=1S/C19H20N4O2/c1-12-8-15(17-11-22-23(18(17)20)19(21)24)7-6-14(12)9-13-4-3-5-16(10-13)25-2/h3-8,10-11H,9,20H2,1-2H3,(H2,21,24). The lowest BCUT2D eigenvalue weighted by molar-refractivity contribution is 0.248. The lowest BCUT2D eigenvalue weighted by Crippen LogP contribution is -2.22. The second kappa shape index (κ2) is 6.68. The molecule has 128 valence electrons. The van der Waals surface area contributed by atoms with E-state index < -0.39 is 6.03 Å². The normalized spacial score (nSPS) is 10.6. The van der Waals surface area contributed by atoms with Gasteiger partial charge in [-0.05, 0) is 47.7 Å². The van der Waals surface area contributed by atoms with Crippen LogP contribution in [0.1, 0.15) is 16.7 Å². The molecule has 1 amide bonds. The smallest absolute Gasteiger partial charge is 0.341 e. The van der Waals surface area contributed by atoms with Crippen molar-refractivity contribution in [3.63, 3.8) is 0 Å². The third-order valence-electron chi connectivity index (χ3n) is 4.20. The number of rotatable bonds is 4. The number of aromatic nitrogens is 2. The van der Waals surface area contributed by atoms with Gasteiger partial charge in [0.05, 0.1) is 13.3 Å². The van der Waals surface area contributed by atoms with Crippen LogP contribution in [-0.4, -0.2) is 22.9 Å². The lowest BCUT2D eigenvalue weighted by atomic mass is 9.96. The molecular weight excluding hydrogens is 316 g/mol. The molecule has 6 heteroatoms. The van der Waals surface area contributed by atoms with E-state index in [1.807, 2.05) is 37.3 Å². The fourth-order valence-corrected chi connectivity index (χ4v) is 2.82. The maximum atomic E-state index is 11.3. The van der Waals surface area contributed by atoms with Gasteiger partial charge in [0, 0.05) is 5.56 Å². The van der Waals surface area contributed by atoms with E-state index in [0.717, 1.165) is 28.0 Å². The summed E-state index contributed by atoms with van der Waals surface area (Å²) in [6, 6.07) is 13.4. The largest absolute Gasteiger partial charge is 0.497 e. The Morgan fingerprint density at radius 3 is 2.68 bits per heavy atom. The van der Waals surface area contributed by atoms with Gasteiger partial charge < -0.3 is 16.2 Å². The summed E-state index contributed by atoms with van der Waals surface area (Å²) in [5.41, 5.74) is 16.3. The fourth-order valence-electron chi connectivity index (χ4n) is 2.82. The lowest BCUT2D eigenvalue weighted by Gasteiger charge is -2.10. The zero-order valence-electron chi connectivity index (χ0n) is 14.2. The van der Waals surface area contributed by atoms with Crippen LogP contribution in [0.4, 0.5) is 10.6 Å². The fraction of sp³-hybridized carbons (Fsp3) is 0.158. The van der Waals surface area contributed by atoms with Crippen molar-refractivity contribution in [2.24, 2.45) is 5.73 Å². The molecular formula is C19H20N4O2. The van der Waals surface area contributed by atoms with Crippen molar-refractivity contribution in [1.82, 2.24) is 9.78 Å². The number of anilines is 1. The second-order valence-corrected chi connectivity index (χ2v) is 5.86. The minimum Gasteiger partial charge on any atom is -0.497 e. The number of nitrogens with zero attached hydrogens (tertiary/aromatic N) is 2. The van der Waals surface area contributed by atoms with Crippen molar-refractivity contribution >= 4 is 11.8 Å². The molecule has 25 heavy (non-hydrogen) atoms. The van der Waals surface area contributed by atoms with E-state index in [1.54, 1.807) is 13.3 Å². The number of ether oxygens (including phenoxy) is 1. The highest BCUT2D eigenvalue weighted by Crippen LogP contribution is 2.28. The number of carbonyl (C=O) groups excluding carboxylic acids is 1. The molecule has 0 aliphatic carbocycles. The summed E-state index contributed by atoms with van der Waals surface area (Å²) in [7, 11) is 1.66. The van der Waals surface area contributed by atoms with Gasteiger partial charge in [-0.3, -0.25) is 0 Å². The van der Waals surface area contributed by atoms with Gasteiger partial charge in [-0.15, -0.1) is 0 Å². The first-order chi connectivity index (χ1) is 12.0. The van der Waals surface area contributed by atoms with E-state index in [2.05, 4.69) is 17.2 Å². The van der Waals surface area contributed by atoms with Crippen LogP contribution in [0, 0.1) is 6.92 Å². The summed E-state index contributed by atoms with van der Waals surface area (Å²) in [6.07, 6.45) is 2.36. The molecule has 0 unspecified atom stereocenters. The number of hydrogen-bond donors (Lipinski definition) is 2. The van der Waals surface area contributed by atoms with E-state index in [-0.39, 0.29) is 5.82 Å². The van der Waals surface area contributed by atoms with Crippen molar-refractivity contribution < 1.29 is 9.53 Å². The molecule has 3 rings (SSSR count). The highest BCUT2D eigenvalue weighted by atomic mass is 16.5. The monoisotopic (exact) mass is 336 g/mol. The van der Waals surface area contributed by atoms with E-state index in [9.17, 15) is 4.79 Å². The Balaban J connectivity index is 1.89. The van der Waals surface area contributed by atoms with Crippen LogP contribution in [0.5, 0.6) is 5.75 Å². The van der Waals surface area contributed by atoms with Crippen LogP contribution >= 0.6 is 0 Å². The number of carbonyl (C=O) groups is 1. The molecule has 1 aromatic heterocycles. The summed E-state index contributed by atoms with van der Waals surface area (Å²) in [4.78, 5) is 11.3. The minimum absolute atomic E-state index is 0.243. The van der Waals surface area contributed by atoms with E-state index in [4.69, 9.17) is 16.2 Å². The number of aryl methyl sites for hydroxylation is 1. The third-order valence-corrected chi connectivity index (χ3v) is 4.20. The molecule has 0 aliphatic rings. The van der Waals surface area contributed by atoms with Crippen LogP contribution < -0.4 is 16.2 Å². The molecule has 0 atom stereocenters. The van der Waals surface area contributed by atoms with Crippen LogP contribution in [-0.2, 0) is 6.42 Å². The SMILES string of the molecule is COc1cccc(Cc2ccc(-c3cnn(C(N)=O)c3N)cc2C)c1. The Morgan fingerprint density at radius 1 is 1.24 bits per heavy atom. The van der Waals surface area contributed by atoms with Crippen LogP contribution in [0.2, 0.25) is 0 Å². The van der Waals surface area contributed by atoms with Gasteiger partial charge in [0.15, 0.2) is 0 Å². The first-order valence-electron chi connectivity index (χ1n) is 7.85. The van der Waals surface area contributed by atoms with E-state index in [0.29, 0.717) is 5.56 Å². The number of nitrogen functional groups attached to an aromatic ring is 1. The Morgan fingerprint density at radius 2 is 2.04 bits per heavy atom. The average molecular weight is 336 g/mol. The number of amides is 1. The van der Waals surface area contributed by atoms with Crippen LogP contribution in [0.15, 0.2) is 48.7 Å². The number of nitrogens with two attached hydrogens (primary N) is 2. The maximum absolute atomic E-state index is 11.3. The summed E-state index contributed by atoms with van der Waals surface area (Å²) in [5.74, 6) is 1.09. The van der Waals surface area contributed by atoms with Gasteiger partial charge in [-0.2, -0.15) is 9.78 Å². The second-order valence-electron chi connectivity index (χ2n) is 5.86. The Bertz CT molecular complexity index is 931. The zero-order valence-corrected chi connectivity index (χ0v) is 14.2. The molecule has 1 heterocycles. The predicted octanol–water partition coefficient (Wildman–Crippen LogP) is 2.97. The average Bonchev–Trinajstić information content (AvgIpc) is 2.98.